The summed E-state index contributed by atoms with van der Waals surface area (Å²) in [5.41, 5.74) is 0. The van der Waals surface area contributed by atoms with Crippen LogP contribution >= 0.6 is 0 Å². The number of nitrogens with one attached hydrogen (secondary N) is 1. The monoisotopic (exact) mass is 232 g/mol. The highest BCUT2D eigenvalue weighted by Gasteiger charge is 2.15. The Morgan fingerprint density at radius 3 is 2.81 bits per heavy atom. The standard InChI is InChI=1S/C10H20N2O4/c13-4-8-15-5-1-11-9-10(14)12-2-6-16-7-3-12/h11,13H,1-9H2. The average Bonchev–Trinajstić information content (AvgIpc) is 2.34. The summed E-state index contributed by atoms with van der Waals surface area (Å²) < 4.78 is 10.2. The van der Waals surface area contributed by atoms with Crippen molar-refractivity contribution in [2.45, 2.75) is 0 Å². The summed E-state index contributed by atoms with van der Waals surface area (Å²) in [6.45, 7) is 4.47. The second-order valence-electron chi connectivity index (χ2n) is 3.51. The van der Waals surface area contributed by atoms with E-state index >= 15 is 0 Å². The number of nitrogens with zero attached hydrogens (tertiary/aromatic N) is 1. The van der Waals surface area contributed by atoms with Gasteiger partial charge in [0.15, 0.2) is 0 Å². The molecule has 0 atom stereocenters. The maximum absolute atomic E-state index is 11.6. The summed E-state index contributed by atoms with van der Waals surface area (Å²) in [4.78, 5) is 13.4. The lowest BCUT2D eigenvalue weighted by Gasteiger charge is -2.26. The maximum atomic E-state index is 11.6. The van der Waals surface area contributed by atoms with E-state index in [2.05, 4.69) is 5.32 Å². The molecule has 0 unspecified atom stereocenters. The minimum absolute atomic E-state index is 0.0344. The van der Waals surface area contributed by atoms with Gasteiger partial charge in [0, 0.05) is 19.6 Å². The first-order chi connectivity index (χ1) is 7.84. The second kappa shape index (κ2) is 8.46. The molecule has 16 heavy (non-hydrogen) atoms. The van der Waals surface area contributed by atoms with Crippen molar-refractivity contribution in [1.29, 1.82) is 0 Å². The van der Waals surface area contributed by atoms with E-state index in [1.807, 2.05) is 0 Å². The van der Waals surface area contributed by atoms with Gasteiger partial charge in [-0.15, -0.1) is 0 Å². The van der Waals surface area contributed by atoms with Gasteiger partial charge in [0.1, 0.15) is 0 Å². The van der Waals surface area contributed by atoms with Crippen LogP contribution in [0.4, 0.5) is 0 Å². The Morgan fingerprint density at radius 1 is 1.38 bits per heavy atom. The number of carbonyl (C=O) groups excluding carboxylic acids is 1. The van der Waals surface area contributed by atoms with Gasteiger partial charge in [0.05, 0.1) is 39.6 Å². The predicted octanol–water partition coefficient (Wildman–Crippen LogP) is -1.56. The van der Waals surface area contributed by atoms with E-state index in [1.54, 1.807) is 4.90 Å². The van der Waals surface area contributed by atoms with Crippen molar-refractivity contribution in [2.75, 3.05) is 59.2 Å². The highest BCUT2D eigenvalue weighted by Crippen LogP contribution is 1.96. The number of amides is 1. The summed E-state index contributed by atoms with van der Waals surface area (Å²) in [5, 5.41) is 11.5. The molecule has 0 aromatic carbocycles. The Balaban J connectivity index is 1.97. The fourth-order valence-corrected chi connectivity index (χ4v) is 1.43. The van der Waals surface area contributed by atoms with Crippen molar-refractivity contribution in [1.82, 2.24) is 10.2 Å². The lowest BCUT2D eigenvalue weighted by atomic mass is 10.4. The fourth-order valence-electron chi connectivity index (χ4n) is 1.43. The van der Waals surface area contributed by atoms with E-state index in [1.165, 1.54) is 0 Å². The molecule has 0 bridgehead atoms. The van der Waals surface area contributed by atoms with Crippen molar-refractivity contribution in [3.8, 4) is 0 Å². The van der Waals surface area contributed by atoms with Gasteiger partial charge in [0.2, 0.25) is 5.91 Å². The van der Waals surface area contributed by atoms with Gasteiger partial charge in [0.25, 0.3) is 0 Å². The largest absolute Gasteiger partial charge is 0.394 e. The lowest BCUT2D eigenvalue weighted by Crippen LogP contribution is -2.45. The number of morpholine rings is 1. The van der Waals surface area contributed by atoms with E-state index < -0.39 is 0 Å². The van der Waals surface area contributed by atoms with Crippen molar-refractivity contribution in [3.63, 3.8) is 0 Å². The number of aliphatic hydroxyl groups is 1. The first kappa shape index (κ1) is 13.4. The number of carbonyl (C=O) groups is 1. The molecule has 0 spiro atoms. The number of ether oxygens (including phenoxy) is 2. The summed E-state index contributed by atoms with van der Waals surface area (Å²) >= 11 is 0. The summed E-state index contributed by atoms with van der Waals surface area (Å²) in [6.07, 6.45) is 0. The minimum atomic E-state index is 0.0344. The van der Waals surface area contributed by atoms with E-state index in [0.29, 0.717) is 52.6 Å². The molecular formula is C10H20N2O4. The van der Waals surface area contributed by atoms with Crippen LogP contribution in [-0.4, -0.2) is 75.1 Å². The third-order valence-corrected chi connectivity index (χ3v) is 2.30. The van der Waals surface area contributed by atoms with Gasteiger partial charge in [-0.2, -0.15) is 0 Å². The topological polar surface area (TPSA) is 71.0 Å². The van der Waals surface area contributed by atoms with Crippen LogP contribution < -0.4 is 5.32 Å². The number of hydrogen-bond donors (Lipinski definition) is 2. The summed E-state index contributed by atoms with van der Waals surface area (Å²) in [5.74, 6) is 0.102. The second-order valence-corrected chi connectivity index (χ2v) is 3.51. The van der Waals surface area contributed by atoms with Crippen molar-refractivity contribution >= 4 is 5.91 Å². The van der Waals surface area contributed by atoms with Gasteiger partial charge in [-0.1, -0.05) is 0 Å². The molecule has 94 valence electrons. The van der Waals surface area contributed by atoms with Crippen LogP contribution in [0, 0.1) is 0 Å². The fraction of sp³-hybridized carbons (Fsp3) is 0.900. The first-order valence-corrected chi connectivity index (χ1v) is 5.59. The van der Waals surface area contributed by atoms with Crippen LogP contribution in [0.15, 0.2) is 0 Å². The van der Waals surface area contributed by atoms with Crippen molar-refractivity contribution in [2.24, 2.45) is 0 Å². The molecule has 1 fully saturated rings. The maximum Gasteiger partial charge on any atom is 0.236 e. The van der Waals surface area contributed by atoms with Crippen molar-refractivity contribution in [3.05, 3.63) is 0 Å². The van der Waals surface area contributed by atoms with Gasteiger partial charge < -0.3 is 24.8 Å². The van der Waals surface area contributed by atoms with E-state index in [9.17, 15) is 4.79 Å². The molecule has 1 saturated heterocycles. The van der Waals surface area contributed by atoms with Gasteiger partial charge in [-0.25, -0.2) is 0 Å². The highest BCUT2D eigenvalue weighted by molar-refractivity contribution is 5.78. The number of hydrogen-bond acceptors (Lipinski definition) is 5. The Bertz CT molecular complexity index is 195. The molecule has 1 rings (SSSR count). The molecule has 0 radical (unpaired) electrons. The molecule has 1 heterocycles. The average molecular weight is 232 g/mol. The van der Waals surface area contributed by atoms with Crippen molar-refractivity contribution < 1.29 is 19.4 Å². The zero-order valence-electron chi connectivity index (χ0n) is 9.48. The quantitative estimate of drug-likeness (QED) is 0.520. The predicted molar refractivity (Wildman–Crippen MR) is 58.2 cm³/mol. The third kappa shape index (κ3) is 5.41. The van der Waals surface area contributed by atoms with Crippen LogP contribution in [-0.2, 0) is 14.3 Å². The first-order valence-electron chi connectivity index (χ1n) is 5.59. The van der Waals surface area contributed by atoms with Crippen LogP contribution in [0.1, 0.15) is 0 Å². The van der Waals surface area contributed by atoms with Crippen LogP contribution in [0.25, 0.3) is 0 Å². The van der Waals surface area contributed by atoms with E-state index in [4.69, 9.17) is 14.6 Å². The highest BCUT2D eigenvalue weighted by atomic mass is 16.5. The third-order valence-electron chi connectivity index (χ3n) is 2.30. The molecule has 1 amide bonds. The number of aliphatic hydroxyl groups excluding tert-OH is 1. The van der Waals surface area contributed by atoms with Crippen LogP contribution in [0.5, 0.6) is 0 Å². The van der Waals surface area contributed by atoms with Crippen LogP contribution in [0.2, 0.25) is 0 Å². The molecule has 6 nitrogen and oxygen atoms in total. The van der Waals surface area contributed by atoms with Gasteiger partial charge in [-0.05, 0) is 0 Å². The Labute approximate surface area is 95.5 Å². The molecule has 2 N–H and O–H groups in total. The van der Waals surface area contributed by atoms with E-state index in [0.717, 1.165) is 0 Å². The molecule has 0 saturated carbocycles. The smallest absolute Gasteiger partial charge is 0.236 e. The molecule has 1 aliphatic heterocycles. The van der Waals surface area contributed by atoms with Gasteiger partial charge in [-0.3, -0.25) is 4.79 Å². The minimum Gasteiger partial charge on any atom is -0.394 e. The molecule has 6 heteroatoms. The zero-order valence-corrected chi connectivity index (χ0v) is 9.48. The molecular weight excluding hydrogens is 212 g/mol. The van der Waals surface area contributed by atoms with Crippen LogP contribution in [0.3, 0.4) is 0 Å². The lowest BCUT2D eigenvalue weighted by molar-refractivity contribution is -0.134. The normalized spacial score (nSPS) is 16.4. The molecule has 0 aromatic heterocycles. The molecule has 0 aliphatic carbocycles. The number of rotatable bonds is 7. The zero-order chi connectivity index (χ0) is 11.6. The van der Waals surface area contributed by atoms with E-state index in [-0.39, 0.29) is 12.5 Å². The Morgan fingerprint density at radius 2 is 2.12 bits per heavy atom. The summed E-state index contributed by atoms with van der Waals surface area (Å²) in [7, 11) is 0. The van der Waals surface area contributed by atoms with Gasteiger partial charge >= 0.3 is 0 Å². The summed E-state index contributed by atoms with van der Waals surface area (Å²) in [6, 6.07) is 0. The SMILES string of the molecule is O=C(CNCCOCCO)N1CCOCC1. The molecule has 0 aromatic rings. The Kier molecular flexibility index (Phi) is 7.07. The molecule has 1 aliphatic rings. The Hall–Kier alpha value is -0.690.